The van der Waals surface area contributed by atoms with Crippen molar-refractivity contribution in [1.29, 1.82) is 0 Å². The van der Waals surface area contributed by atoms with Gasteiger partial charge in [0.1, 0.15) is 23.0 Å². The van der Waals surface area contributed by atoms with E-state index >= 15 is 0 Å². The Morgan fingerprint density at radius 1 is 0.415 bits per heavy atom. The van der Waals surface area contributed by atoms with Crippen molar-refractivity contribution in [2.24, 2.45) is 0 Å². The number of anilines is 3. The Morgan fingerprint density at radius 3 is 1.26 bits per heavy atom. The van der Waals surface area contributed by atoms with E-state index in [1.807, 2.05) is 36.4 Å². The third-order valence-corrected chi connectivity index (χ3v) is 8.64. The highest BCUT2D eigenvalue weighted by Crippen LogP contribution is 2.41. The molecule has 272 valence electrons. The first-order chi connectivity index (χ1) is 26.1. The van der Waals surface area contributed by atoms with Crippen LogP contribution in [0.3, 0.4) is 0 Å². The minimum atomic E-state index is 0.589. The highest BCUT2D eigenvalue weighted by Gasteiger charge is 2.18. The molecule has 1 aromatic heterocycles. The Hall–Kier alpha value is -5.75. The molecule has 0 saturated carbocycles. The zero-order valence-electron chi connectivity index (χ0n) is 31.4. The van der Waals surface area contributed by atoms with E-state index in [4.69, 9.17) is 23.9 Å². The number of rotatable bonds is 18. The molecule has 0 aliphatic rings. The van der Waals surface area contributed by atoms with Crippen LogP contribution in [-0.2, 0) is 0 Å². The smallest absolute Gasteiger partial charge is 0.132 e. The second-order valence-electron chi connectivity index (χ2n) is 12.9. The SMILES string of the molecule is CCCOc1ccc(-c2cc(-c3ccc(N(c4ccccc4)c4ccccc4)cc3)cc(-c3ccc(OCCC)cc3OCCC)n2)c(OCCC)c1. The maximum absolute atomic E-state index is 6.34. The van der Waals surface area contributed by atoms with Crippen molar-refractivity contribution < 1.29 is 18.9 Å². The van der Waals surface area contributed by atoms with E-state index in [1.165, 1.54) is 0 Å². The van der Waals surface area contributed by atoms with Crippen LogP contribution >= 0.6 is 0 Å². The van der Waals surface area contributed by atoms with E-state index in [1.54, 1.807) is 0 Å². The third-order valence-electron chi connectivity index (χ3n) is 8.64. The molecule has 0 saturated heterocycles. The van der Waals surface area contributed by atoms with E-state index < -0.39 is 0 Å². The maximum atomic E-state index is 6.34. The number of para-hydroxylation sites is 2. The molecule has 53 heavy (non-hydrogen) atoms. The fourth-order valence-corrected chi connectivity index (χ4v) is 6.09. The van der Waals surface area contributed by atoms with Crippen molar-refractivity contribution in [3.8, 4) is 56.6 Å². The monoisotopic (exact) mass is 706 g/mol. The van der Waals surface area contributed by atoms with Gasteiger partial charge in [0.25, 0.3) is 0 Å². The molecule has 6 rings (SSSR count). The van der Waals surface area contributed by atoms with Crippen molar-refractivity contribution in [1.82, 2.24) is 4.98 Å². The van der Waals surface area contributed by atoms with Crippen LogP contribution in [-0.4, -0.2) is 31.4 Å². The van der Waals surface area contributed by atoms with Crippen LogP contribution in [0.15, 0.2) is 133 Å². The van der Waals surface area contributed by atoms with Gasteiger partial charge in [-0.1, -0.05) is 76.2 Å². The number of ether oxygens (including phenoxy) is 4. The molecular weight excluding hydrogens is 657 g/mol. The van der Waals surface area contributed by atoms with E-state index in [-0.39, 0.29) is 0 Å². The first-order valence-electron chi connectivity index (χ1n) is 18.9. The molecule has 0 N–H and O–H groups in total. The molecule has 0 atom stereocenters. The summed E-state index contributed by atoms with van der Waals surface area (Å²) in [4.78, 5) is 7.57. The lowest BCUT2D eigenvalue weighted by Gasteiger charge is -2.25. The van der Waals surface area contributed by atoms with Crippen molar-refractivity contribution in [2.75, 3.05) is 31.3 Å². The molecule has 0 radical (unpaired) electrons. The summed E-state index contributed by atoms with van der Waals surface area (Å²) in [5.41, 5.74) is 8.77. The van der Waals surface area contributed by atoms with Gasteiger partial charge in [-0.15, -0.1) is 0 Å². The lowest BCUT2D eigenvalue weighted by atomic mass is 9.98. The van der Waals surface area contributed by atoms with Gasteiger partial charge in [-0.2, -0.15) is 0 Å². The molecule has 0 amide bonds. The van der Waals surface area contributed by atoms with Crippen LogP contribution in [0, 0.1) is 0 Å². The maximum Gasteiger partial charge on any atom is 0.132 e. The fraction of sp³-hybridized carbons (Fsp3) is 0.255. The molecular formula is C47H50N2O4. The van der Waals surface area contributed by atoms with Gasteiger partial charge in [-0.3, -0.25) is 0 Å². The summed E-state index contributed by atoms with van der Waals surface area (Å²) in [6.45, 7) is 10.9. The first kappa shape index (κ1) is 37.0. The third kappa shape index (κ3) is 9.38. The number of hydrogen-bond donors (Lipinski definition) is 0. The summed E-state index contributed by atoms with van der Waals surface area (Å²) in [6.07, 6.45) is 3.63. The van der Waals surface area contributed by atoms with Crippen LogP contribution in [0.4, 0.5) is 17.1 Å². The Kier molecular flexibility index (Phi) is 13.0. The Balaban J connectivity index is 1.48. The van der Waals surface area contributed by atoms with Crippen molar-refractivity contribution in [3.05, 3.63) is 133 Å². The van der Waals surface area contributed by atoms with Crippen LogP contribution in [0.1, 0.15) is 53.4 Å². The number of pyridine rings is 1. The molecule has 6 aromatic rings. The standard InChI is InChI=1S/C47H50N2O4/c1-5-27-50-40-23-25-42(46(33-40)52-29-7-3)44-31-36(32-45(48-44)43-26-24-41(51-28-6-2)34-47(43)53-30-8-4)35-19-21-39(22-20-35)49(37-15-11-9-12-16-37)38-17-13-10-14-18-38/h9-26,31-34H,5-8,27-30H2,1-4H3. The topological polar surface area (TPSA) is 53.1 Å². The lowest BCUT2D eigenvalue weighted by Crippen LogP contribution is -2.09. The van der Waals surface area contributed by atoms with Crippen molar-refractivity contribution >= 4 is 17.1 Å². The van der Waals surface area contributed by atoms with Gasteiger partial charge < -0.3 is 23.8 Å². The second kappa shape index (κ2) is 18.7. The van der Waals surface area contributed by atoms with E-state index in [0.29, 0.717) is 26.4 Å². The largest absolute Gasteiger partial charge is 0.493 e. The molecule has 6 heteroatoms. The molecule has 0 spiro atoms. The average Bonchev–Trinajstić information content (AvgIpc) is 3.21. The Labute approximate surface area is 315 Å². The average molecular weight is 707 g/mol. The van der Waals surface area contributed by atoms with Crippen LogP contribution in [0.2, 0.25) is 0 Å². The molecule has 0 fully saturated rings. The molecule has 0 unspecified atom stereocenters. The number of hydrogen-bond acceptors (Lipinski definition) is 6. The number of benzene rings is 5. The van der Waals surface area contributed by atoms with Crippen molar-refractivity contribution in [3.63, 3.8) is 0 Å². The fourth-order valence-electron chi connectivity index (χ4n) is 6.09. The van der Waals surface area contributed by atoms with Gasteiger partial charge in [0, 0.05) is 40.3 Å². The summed E-state index contributed by atoms with van der Waals surface area (Å²) in [5, 5.41) is 0. The number of nitrogens with zero attached hydrogens (tertiary/aromatic N) is 2. The van der Waals surface area contributed by atoms with Gasteiger partial charge in [0.2, 0.25) is 0 Å². The van der Waals surface area contributed by atoms with E-state index in [0.717, 1.165) is 99.4 Å². The van der Waals surface area contributed by atoms with E-state index in [9.17, 15) is 0 Å². The zero-order valence-corrected chi connectivity index (χ0v) is 31.4. The summed E-state index contributed by atoms with van der Waals surface area (Å²) in [7, 11) is 0. The van der Waals surface area contributed by atoms with Crippen LogP contribution in [0.25, 0.3) is 33.6 Å². The van der Waals surface area contributed by atoms with E-state index in [2.05, 4.69) is 130 Å². The van der Waals surface area contributed by atoms with Gasteiger partial charge in [-0.25, -0.2) is 4.98 Å². The normalized spacial score (nSPS) is 10.9. The van der Waals surface area contributed by atoms with Gasteiger partial charge in [0.05, 0.1) is 37.8 Å². The first-order valence-corrected chi connectivity index (χ1v) is 18.9. The minimum absolute atomic E-state index is 0.589. The van der Waals surface area contributed by atoms with Gasteiger partial charge >= 0.3 is 0 Å². The zero-order chi connectivity index (χ0) is 36.8. The summed E-state index contributed by atoms with van der Waals surface area (Å²) >= 11 is 0. The summed E-state index contributed by atoms with van der Waals surface area (Å²) < 4.78 is 24.7. The van der Waals surface area contributed by atoms with Crippen LogP contribution < -0.4 is 23.8 Å². The lowest BCUT2D eigenvalue weighted by molar-refractivity contribution is 0.302. The second-order valence-corrected chi connectivity index (χ2v) is 12.9. The van der Waals surface area contributed by atoms with Gasteiger partial charge in [0.15, 0.2) is 0 Å². The van der Waals surface area contributed by atoms with Crippen LogP contribution in [0.5, 0.6) is 23.0 Å². The molecule has 5 aromatic carbocycles. The number of aromatic nitrogens is 1. The summed E-state index contributed by atoms with van der Waals surface area (Å²) in [6, 6.07) is 46.0. The molecule has 0 aliphatic carbocycles. The molecule has 6 nitrogen and oxygen atoms in total. The van der Waals surface area contributed by atoms with Crippen molar-refractivity contribution in [2.45, 2.75) is 53.4 Å². The quantitative estimate of drug-likeness (QED) is 0.0887. The summed E-state index contributed by atoms with van der Waals surface area (Å²) in [5.74, 6) is 3.07. The Bertz CT molecular complexity index is 1910. The highest BCUT2D eigenvalue weighted by molar-refractivity contribution is 5.83. The predicted molar refractivity (Wildman–Crippen MR) is 218 cm³/mol. The minimum Gasteiger partial charge on any atom is -0.493 e. The molecule has 0 bridgehead atoms. The molecule has 1 heterocycles. The predicted octanol–water partition coefficient (Wildman–Crippen LogP) is 12.7. The highest BCUT2D eigenvalue weighted by atomic mass is 16.5. The molecule has 0 aliphatic heterocycles. The van der Waals surface area contributed by atoms with Gasteiger partial charge in [-0.05, 0) is 110 Å². The Morgan fingerprint density at radius 2 is 0.830 bits per heavy atom.